The molecular weight excluding hydrogens is 323 g/mol. The summed E-state index contributed by atoms with van der Waals surface area (Å²) in [6, 6.07) is 4.28. The first-order chi connectivity index (χ1) is 12.0. The summed E-state index contributed by atoms with van der Waals surface area (Å²) in [5, 5.41) is 0. The van der Waals surface area contributed by atoms with E-state index in [-0.39, 0.29) is 23.5 Å². The number of ether oxygens (including phenoxy) is 1. The largest absolute Gasteiger partial charge is 0.491 e. The summed E-state index contributed by atoms with van der Waals surface area (Å²) < 4.78 is 19.1. The van der Waals surface area contributed by atoms with Crippen LogP contribution >= 0.6 is 0 Å². The van der Waals surface area contributed by atoms with Crippen molar-refractivity contribution in [2.45, 2.75) is 33.6 Å². The summed E-state index contributed by atoms with van der Waals surface area (Å²) in [6.07, 6.45) is 1.67. The quantitative estimate of drug-likeness (QED) is 0.793. The smallest absolute Gasteiger partial charge is 0.254 e. The van der Waals surface area contributed by atoms with Crippen LogP contribution in [0.1, 0.15) is 44.0 Å². The van der Waals surface area contributed by atoms with Crippen LogP contribution in [0.25, 0.3) is 0 Å². The van der Waals surface area contributed by atoms with Crippen LogP contribution in [0.3, 0.4) is 0 Å². The third-order valence-corrected chi connectivity index (χ3v) is 4.69. The standard InChI is InChI=1S/C19H27FN2O3/c1-4-14(5-2)18(23)21-9-11-22(12-10-21)19(24)15-7-8-17(25-6-3)16(20)13-15/h7-8,13-14H,4-6,9-12H2,1-3H3. The molecule has 1 aromatic carbocycles. The molecule has 5 nitrogen and oxygen atoms in total. The average Bonchev–Trinajstić information content (AvgIpc) is 2.64. The zero-order valence-corrected chi connectivity index (χ0v) is 15.3. The lowest BCUT2D eigenvalue weighted by Gasteiger charge is -2.36. The molecule has 0 bridgehead atoms. The van der Waals surface area contributed by atoms with Crippen LogP contribution in [0.5, 0.6) is 5.75 Å². The van der Waals surface area contributed by atoms with E-state index in [0.29, 0.717) is 38.3 Å². The van der Waals surface area contributed by atoms with Gasteiger partial charge < -0.3 is 14.5 Å². The number of amides is 2. The van der Waals surface area contributed by atoms with Gasteiger partial charge >= 0.3 is 0 Å². The molecule has 1 aliphatic heterocycles. The van der Waals surface area contributed by atoms with E-state index in [9.17, 15) is 14.0 Å². The first-order valence-electron chi connectivity index (χ1n) is 9.02. The number of hydrogen-bond donors (Lipinski definition) is 0. The predicted molar refractivity (Wildman–Crippen MR) is 94.1 cm³/mol. The molecule has 0 radical (unpaired) electrons. The Hall–Kier alpha value is -2.11. The summed E-state index contributed by atoms with van der Waals surface area (Å²) in [5.41, 5.74) is 0.306. The Morgan fingerprint density at radius 2 is 1.68 bits per heavy atom. The topological polar surface area (TPSA) is 49.9 Å². The molecule has 0 atom stereocenters. The van der Waals surface area contributed by atoms with E-state index >= 15 is 0 Å². The summed E-state index contributed by atoms with van der Waals surface area (Å²) in [6.45, 7) is 8.19. The molecule has 25 heavy (non-hydrogen) atoms. The van der Waals surface area contributed by atoms with Gasteiger partial charge in [0.1, 0.15) is 0 Å². The van der Waals surface area contributed by atoms with E-state index < -0.39 is 5.82 Å². The van der Waals surface area contributed by atoms with Crippen LogP contribution < -0.4 is 4.74 Å². The molecule has 0 unspecified atom stereocenters. The number of nitrogens with zero attached hydrogens (tertiary/aromatic N) is 2. The van der Waals surface area contributed by atoms with Crippen molar-refractivity contribution in [3.8, 4) is 5.75 Å². The molecule has 0 saturated carbocycles. The van der Waals surface area contributed by atoms with Gasteiger partial charge in [-0.25, -0.2) is 4.39 Å². The highest BCUT2D eigenvalue weighted by Gasteiger charge is 2.28. The van der Waals surface area contributed by atoms with E-state index in [1.54, 1.807) is 17.9 Å². The van der Waals surface area contributed by atoms with Crippen LogP contribution in [0.4, 0.5) is 4.39 Å². The Morgan fingerprint density at radius 1 is 1.08 bits per heavy atom. The number of benzene rings is 1. The molecule has 2 rings (SSSR count). The maximum absolute atomic E-state index is 14.0. The molecule has 2 amide bonds. The van der Waals surface area contributed by atoms with E-state index in [1.807, 2.05) is 18.7 Å². The summed E-state index contributed by atoms with van der Waals surface area (Å²) >= 11 is 0. The Labute approximate surface area is 148 Å². The van der Waals surface area contributed by atoms with Gasteiger partial charge in [0, 0.05) is 37.7 Å². The molecule has 0 aliphatic carbocycles. The molecule has 1 aromatic rings. The fraction of sp³-hybridized carbons (Fsp3) is 0.579. The monoisotopic (exact) mass is 350 g/mol. The third kappa shape index (κ3) is 4.50. The minimum atomic E-state index is -0.532. The minimum absolute atomic E-state index is 0.0578. The van der Waals surface area contributed by atoms with Gasteiger partial charge in [-0.15, -0.1) is 0 Å². The normalized spacial score (nSPS) is 14.8. The minimum Gasteiger partial charge on any atom is -0.491 e. The molecule has 0 N–H and O–H groups in total. The highest BCUT2D eigenvalue weighted by molar-refractivity contribution is 5.94. The fourth-order valence-corrected chi connectivity index (χ4v) is 3.12. The van der Waals surface area contributed by atoms with E-state index in [4.69, 9.17) is 4.74 Å². The van der Waals surface area contributed by atoms with E-state index in [0.717, 1.165) is 12.8 Å². The van der Waals surface area contributed by atoms with Gasteiger partial charge in [-0.3, -0.25) is 9.59 Å². The van der Waals surface area contributed by atoms with Gasteiger partial charge in [-0.05, 0) is 38.0 Å². The Balaban J connectivity index is 1.97. The summed E-state index contributed by atoms with van der Waals surface area (Å²) in [4.78, 5) is 28.5. The van der Waals surface area contributed by atoms with Gasteiger partial charge in [-0.2, -0.15) is 0 Å². The molecular formula is C19H27FN2O3. The van der Waals surface area contributed by atoms with Crippen LogP contribution in [-0.2, 0) is 4.79 Å². The second kappa shape index (κ2) is 8.83. The fourth-order valence-electron chi connectivity index (χ4n) is 3.12. The van der Waals surface area contributed by atoms with Crippen molar-refractivity contribution in [2.75, 3.05) is 32.8 Å². The lowest BCUT2D eigenvalue weighted by Crippen LogP contribution is -2.51. The maximum atomic E-state index is 14.0. The summed E-state index contributed by atoms with van der Waals surface area (Å²) in [5.74, 6) is -0.363. The number of carbonyl (C=O) groups is 2. The molecule has 6 heteroatoms. The Kier molecular flexibility index (Phi) is 6.79. The second-order valence-corrected chi connectivity index (χ2v) is 6.21. The first kappa shape index (κ1) is 19.2. The third-order valence-electron chi connectivity index (χ3n) is 4.69. The first-order valence-corrected chi connectivity index (χ1v) is 9.02. The molecule has 0 spiro atoms. The molecule has 1 saturated heterocycles. The van der Waals surface area contributed by atoms with Gasteiger partial charge in [0.2, 0.25) is 5.91 Å². The average molecular weight is 350 g/mol. The lowest BCUT2D eigenvalue weighted by atomic mass is 10.0. The van der Waals surface area contributed by atoms with Crippen molar-refractivity contribution in [1.29, 1.82) is 0 Å². The predicted octanol–water partition coefficient (Wildman–Crippen LogP) is 2.95. The SMILES string of the molecule is CCOc1ccc(C(=O)N2CCN(C(=O)C(CC)CC)CC2)cc1F. The second-order valence-electron chi connectivity index (χ2n) is 6.21. The Bertz CT molecular complexity index is 609. The van der Waals surface area contributed by atoms with Gasteiger partial charge in [0.25, 0.3) is 5.91 Å². The van der Waals surface area contributed by atoms with Crippen molar-refractivity contribution in [1.82, 2.24) is 9.80 Å². The van der Waals surface area contributed by atoms with E-state index in [1.165, 1.54) is 12.1 Å². The number of piperazine rings is 1. The number of carbonyl (C=O) groups excluding carboxylic acids is 2. The van der Waals surface area contributed by atoms with Crippen molar-refractivity contribution < 1.29 is 18.7 Å². The highest BCUT2D eigenvalue weighted by atomic mass is 19.1. The summed E-state index contributed by atoms with van der Waals surface area (Å²) in [7, 11) is 0. The van der Waals surface area contributed by atoms with Crippen LogP contribution in [-0.4, -0.2) is 54.4 Å². The highest BCUT2D eigenvalue weighted by Crippen LogP contribution is 2.20. The van der Waals surface area contributed by atoms with Crippen LogP contribution in [0.2, 0.25) is 0 Å². The zero-order valence-electron chi connectivity index (χ0n) is 15.3. The number of halogens is 1. The Morgan fingerprint density at radius 3 is 2.20 bits per heavy atom. The molecule has 138 valence electrons. The van der Waals surface area contributed by atoms with Gasteiger partial charge in [0.15, 0.2) is 11.6 Å². The molecule has 1 heterocycles. The van der Waals surface area contributed by atoms with Gasteiger partial charge in [-0.1, -0.05) is 13.8 Å². The van der Waals surface area contributed by atoms with Crippen molar-refractivity contribution in [3.05, 3.63) is 29.6 Å². The van der Waals surface area contributed by atoms with E-state index in [2.05, 4.69) is 0 Å². The molecule has 1 aliphatic rings. The number of hydrogen-bond acceptors (Lipinski definition) is 3. The molecule has 1 fully saturated rings. The molecule has 0 aromatic heterocycles. The van der Waals surface area contributed by atoms with Crippen LogP contribution in [0, 0.1) is 11.7 Å². The van der Waals surface area contributed by atoms with Crippen molar-refractivity contribution >= 4 is 11.8 Å². The maximum Gasteiger partial charge on any atom is 0.254 e. The number of rotatable bonds is 6. The van der Waals surface area contributed by atoms with Crippen molar-refractivity contribution in [3.63, 3.8) is 0 Å². The van der Waals surface area contributed by atoms with Crippen molar-refractivity contribution in [2.24, 2.45) is 5.92 Å². The van der Waals surface area contributed by atoms with Gasteiger partial charge in [0.05, 0.1) is 6.61 Å². The lowest BCUT2D eigenvalue weighted by molar-refractivity contribution is -0.137. The van der Waals surface area contributed by atoms with Crippen LogP contribution in [0.15, 0.2) is 18.2 Å². The zero-order chi connectivity index (χ0) is 18.4.